The van der Waals surface area contributed by atoms with Gasteiger partial charge in [-0.05, 0) is 25.7 Å². The van der Waals surface area contributed by atoms with E-state index in [1.165, 1.54) is 0 Å². The lowest BCUT2D eigenvalue weighted by molar-refractivity contribution is -0.137. The van der Waals surface area contributed by atoms with E-state index < -0.39 is 18.2 Å². The van der Waals surface area contributed by atoms with Crippen LogP contribution in [0.1, 0.15) is 64.7 Å². The van der Waals surface area contributed by atoms with Gasteiger partial charge in [-0.2, -0.15) is 0 Å². The van der Waals surface area contributed by atoms with Gasteiger partial charge in [0.1, 0.15) is 5.78 Å². The van der Waals surface area contributed by atoms with Crippen molar-refractivity contribution in [1.29, 1.82) is 0 Å². The molecule has 0 aromatic carbocycles. The molecule has 3 N–H and O–H groups in total. The topological polar surface area (TPSA) is 94.8 Å². The van der Waals surface area contributed by atoms with Crippen molar-refractivity contribution in [3.63, 3.8) is 0 Å². The molecule has 1 saturated carbocycles. The standard InChI is InChI=1S/C20H32O5/c1-2-3-6-9-15(21)12-13-17-16(18(22)14-19(17)23)10-7-4-5-8-11-20(24)25/h4,7,12-13,15-17,19,21,23H,2-3,5-6,8-11,14H2,1H3,(H,24,25)/b7-4-,13-12+/t15-,16+,17+,19+/m1/s1. The number of unbranched alkanes of at least 4 members (excludes halogenated alkanes) is 3. The molecule has 4 atom stereocenters. The molecule has 1 aliphatic rings. The highest BCUT2D eigenvalue weighted by molar-refractivity contribution is 5.84. The molecule has 0 aromatic heterocycles. The number of rotatable bonds is 12. The Bertz CT molecular complexity index is 469. The third kappa shape index (κ3) is 8.45. The summed E-state index contributed by atoms with van der Waals surface area (Å²) in [5, 5.41) is 28.7. The number of allylic oxidation sites excluding steroid dienone is 2. The summed E-state index contributed by atoms with van der Waals surface area (Å²) in [6.07, 6.45) is 12.1. The molecule has 0 unspecified atom stereocenters. The third-order valence-corrected chi connectivity index (χ3v) is 4.71. The van der Waals surface area contributed by atoms with Gasteiger partial charge in [0.25, 0.3) is 0 Å². The molecule has 0 saturated heterocycles. The zero-order chi connectivity index (χ0) is 18.7. The van der Waals surface area contributed by atoms with Crippen LogP contribution in [0.2, 0.25) is 0 Å². The number of Topliss-reactive ketones (excluding diaryl/α,β-unsaturated/α-hetero) is 1. The Balaban J connectivity index is 2.48. The van der Waals surface area contributed by atoms with Crippen LogP contribution >= 0.6 is 0 Å². The molecule has 1 aliphatic carbocycles. The Hall–Kier alpha value is -1.46. The number of carboxylic acids is 1. The van der Waals surface area contributed by atoms with Gasteiger partial charge in [-0.3, -0.25) is 9.59 Å². The lowest BCUT2D eigenvalue weighted by Crippen LogP contribution is -2.18. The summed E-state index contributed by atoms with van der Waals surface area (Å²) in [6.45, 7) is 2.11. The molecule has 0 bridgehead atoms. The van der Waals surface area contributed by atoms with Crippen molar-refractivity contribution in [3.05, 3.63) is 24.3 Å². The van der Waals surface area contributed by atoms with Crippen molar-refractivity contribution in [2.45, 2.75) is 76.9 Å². The molecule has 5 nitrogen and oxygen atoms in total. The van der Waals surface area contributed by atoms with Crippen molar-refractivity contribution in [2.75, 3.05) is 0 Å². The van der Waals surface area contributed by atoms with E-state index in [2.05, 4.69) is 6.92 Å². The SMILES string of the molecule is CCCCC[C@@H](O)/C=C/[C@H]1[C@H](C/C=C\CCCC(=O)O)C(=O)C[C@@H]1O. The first kappa shape index (κ1) is 21.6. The molecular formula is C20H32O5. The number of ketones is 1. The smallest absolute Gasteiger partial charge is 0.303 e. The molecule has 1 fully saturated rings. The summed E-state index contributed by atoms with van der Waals surface area (Å²) >= 11 is 0. The van der Waals surface area contributed by atoms with Crippen molar-refractivity contribution in [3.8, 4) is 0 Å². The van der Waals surface area contributed by atoms with E-state index in [4.69, 9.17) is 5.11 Å². The van der Waals surface area contributed by atoms with E-state index in [-0.39, 0.29) is 30.5 Å². The fourth-order valence-electron chi connectivity index (χ4n) is 3.22. The molecule has 0 aromatic rings. The average molecular weight is 352 g/mol. The lowest BCUT2D eigenvalue weighted by atomic mass is 9.90. The first-order valence-corrected chi connectivity index (χ1v) is 9.39. The van der Waals surface area contributed by atoms with Gasteiger partial charge >= 0.3 is 5.97 Å². The Morgan fingerprint density at radius 2 is 2.04 bits per heavy atom. The van der Waals surface area contributed by atoms with Gasteiger partial charge in [-0.25, -0.2) is 0 Å². The third-order valence-electron chi connectivity index (χ3n) is 4.71. The second-order valence-corrected chi connectivity index (χ2v) is 6.86. The molecule has 0 spiro atoms. The van der Waals surface area contributed by atoms with Crippen LogP contribution in [0.25, 0.3) is 0 Å². The minimum absolute atomic E-state index is 0.0535. The van der Waals surface area contributed by atoms with Crippen molar-refractivity contribution in [1.82, 2.24) is 0 Å². The second kappa shape index (κ2) is 12.0. The molecule has 25 heavy (non-hydrogen) atoms. The quantitative estimate of drug-likeness (QED) is 0.370. The fourth-order valence-corrected chi connectivity index (χ4v) is 3.22. The summed E-state index contributed by atoms with van der Waals surface area (Å²) in [5.74, 6) is -1.26. The van der Waals surface area contributed by atoms with Gasteiger partial charge in [0.2, 0.25) is 0 Å². The van der Waals surface area contributed by atoms with E-state index in [1.807, 2.05) is 12.2 Å². The molecule has 142 valence electrons. The predicted molar refractivity (Wildman–Crippen MR) is 97.1 cm³/mol. The highest BCUT2D eigenvalue weighted by atomic mass is 16.4. The van der Waals surface area contributed by atoms with Crippen molar-refractivity contribution in [2.24, 2.45) is 11.8 Å². The second-order valence-electron chi connectivity index (χ2n) is 6.86. The summed E-state index contributed by atoms with van der Waals surface area (Å²) in [7, 11) is 0. The Morgan fingerprint density at radius 1 is 1.28 bits per heavy atom. The van der Waals surface area contributed by atoms with E-state index in [1.54, 1.807) is 12.2 Å². The van der Waals surface area contributed by atoms with Gasteiger partial charge < -0.3 is 15.3 Å². The van der Waals surface area contributed by atoms with Crippen LogP contribution in [0.4, 0.5) is 0 Å². The van der Waals surface area contributed by atoms with Gasteiger partial charge in [-0.1, -0.05) is 50.5 Å². The first-order valence-electron chi connectivity index (χ1n) is 9.39. The van der Waals surface area contributed by atoms with Crippen LogP contribution < -0.4 is 0 Å². The summed E-state index contributed by atoms with van der Waals surface area (Å²) in [4.78, 5) is 22.5. The summed E-state index contributed by atoms with van der Waals surface area (Å²) in [6, 6.07) is 0. The normalized spacial score (nSPS) is 25.2. The predicted octanol–water partition coefficient (Wildman–Crippen LogP) is 3.25. The number of carboxylic acid groups (broad SMARTS) is 1. The van der Waals surface area contributed by atoms with Crippen LogP contribution in [-0.4, -0.2) is 39.3 Å². The Labute approximate surface area is 150 Å². The van der Waals surface area contributed by atoms with E-state index >= 15 is 0 Å². The van der Waals surface area contributed by atoms with Gasteiger partial charge in [0.15, 0.2) is 0 Å². The van der Waals surface area contributed by atoms with Crippen LogP contribution in [0, 0.1) is 11.8 Å². The highest BCUT2D eigenvalue weighted by Crippen LogP contribution is 2.33. The molecule has 0 aliphatic heterocycles. The Kier molecular flexibility index (Phi) is 10.3. The minimum atomic E-state index is -0.801. The molecule has 0 radical (unpaired) electrons. The number of aliphatic hydroxyl groups is 2. The number of hydrogen-bond acceptors (Lipinski definition) is 4. The van der Waals surface area contributed by atoms with Crippen LogP contribution in [-0.2, 0) is 9.59 Å². The van der Waals surface area contributed by atoms with E-state index in [0.717, 1.165) is 19.3 Å². The monoisotopic (exact) mass is 352 g/mol. The number of hydrogen-bond donors (Lipinski definition) is 3. The molecule has 0 amide bonds. The maximum Gasteiger partial charge on any atom is 0.303 e. The molecule has 5 heteroatoms. The van der Waals surface area contributed by atoms with Crippen LogP contribution in [0.15, 0.2) is 24.3 Å². The van der Waals surface area contributed by atoms with Crippen molar-refractivity contribution < 1.29 is 24.9 Å². The van der Waals surface area contributed by atoms with Gasteiger partial charge in [0, 0.05) is 24.7 Å². The van der Waals surface area contributed by atoms with E-state index in [9.17, 15) is 19.8 Å². The minimum Gasteiger partial charge on any atom is -0.481 e. The van der Waals surface area contributed by atoms with Crippen molar-refractivity contribution >= 4 is 11.8 Å². The van der Waals surface area contributed by atoms with Crippen LogP contribution in [0.5, 0.6) is 0 Å². The molecule has 0 heterocycles. The zero-order valence-corrected chi connectivity index (χ0v) is 15.1. The number of aliphatic hydroxyl groups excluding tert-OH is 2. The fraction of sp³-hybridized carbons (Fsp3) is 0.700. The number of aliphatic carboxylic acids is 1. The molecule has 1 rings (SSSR count). The highest BCUT2D eigenvalue weighted by Gasteiger charge is 2.39. The van der Waals surface area contributed by atoms with E-state index in [0.29, 0.717) is 25.7 Å². The summed E-state index contributed by atoms with van der Waals surface area (Å²) in [5.41, 5.74) is 0. The summed E-state index contributed by atoms with van der Waals surface area (Å²) < 4.78 is 0. The van der Waals surface area contributed by atoms with Gasteiger partial charge in [0.05, 0.1) is 12.2 Å². The van der Waals surface area contributed by atoms with Gasteiger partial charge in [-0.15, -0.1) is 0 Å². The average Bonchev–Trinajstić information content (AvgIpc) is 2.82. The maximum atomic E-state index is 12.1. The Morgan fingerprint density at radius 3 is 2.72 bits per heavy atom. The van der Waals surface area contributed by atoms with Crippen LogP contribution in [0.3, 0.4) is 0 Å². The first-order chi connectivity index (χ1) is 12.0. The zero-order valence-electron chi connectivity index (χ0n) is 15.1. The maximum absolute atomic E-state index is 12.1. The largest absolute Gasteiger partial charge is 0.481 e. The lowest BCUT2D eigenvalue weighted by Gasteiger charge is -2.16. The molecular weight excluding hydrogens is 320 g/mol. The number of carbonyl (C=O) groups excluding carboxylic acids is 1. The number of carbonyl (C=O) groups is 2.